The Hall–Kier alpha value is -0.110. The van der Waals surface area contributed by atoms with Crippen LogP contribution in [0.25, 0.3) is 0 Å². The standard InChI is InChI=1S/C7H11NS/c1-2-4-7-6(3-1)8-5-9-7/h5-6,9H,1-4H2. The fourth-order valence-corrected chi connectivity index (χ4v) is 2.51. The van der Waals surface area contributed by atoms with Crippen LogP contribution < -0.4 is 0 Å². The maximum Gasteiger partial charge on any atom is 0.0769 e. The van der Waals surface area contributed by atoms with Gasteiger partial charge in [-0.1, -0.05) is 6.42 Å². The lowest BCUT2D eigenvalue weighted by molar-refractivity contribution is 0.620. The quantitative estimate of drug-likeness (QED) is 0.389. The first-order valence-corrected chi connectivity index (χ1v) is 4.51. The van der Waals surface area contributed by atoms with Crippen molar-refractivity contribution >= 4 is 21.8 Å². The molecule has 0 spiro atoms. The smallest absolute Gasteiger partial charge is 0.0769 e. The molecule has 1 heterocycles. The molecule has 0 aromatic heterocycles. The van der Waals surface area contributed by atoms with E-state index in [1.54, 1.807) is 4.86 Å². The van der Waals surface area contributed by atoms with Crippen LogP contribution in [-0.4, -0.2) is 16.5 Å². The molecule has 9 heavy (non-hydrogen) atoms. The van der Waals surface area contributed by atoms with Gasteiger partial charge in [0.1, 0.15) is 0 Å². The molecule has 2 aliphatic rings. The van der Waals surface area contributed by atoms with E-state index in [-0.39, 0.29) is 0 Å². The normalized spacial score (nSPS) is 32.9. The second-order valence-electron chi connectivity index (χ2n) is 2.65. The van der Waals surface area contributed by atoms with E-state index in [4.69, 9.17) is 0 Å². The van der Waals surface area contributed by atoms with Crippen molar-refractivity contribution in [2.45, 2.75) is 31.7 Å². The van der Waals surface area contributed by atoms with Gasteiger partial charge < -0.3 is 0 Å². The van der Waals surface area contributed by atoms with Crippen molar-refractivity contribution in [3.8, 4) is 0 Å². The van der Waals surface area contributed by atoms with Gasteiger partial charge in [-0.25, -0.2) is 0 Å². The van der Waals surface area contributed by atoms with Gasteiger partial charge in [-0.05, 0) is 24.1 Å². The summed E-state index contributed by atoms with van der Waals surface area (Å²) in [6, 6.07) is 0.639. The molecule has 1 aliphatic carbocycles. The number of rotatable bonds is 0. The number of hydrogen-bond donors (Lipinski definition) is 1. The monoisotopic (exact) mass is 141 g/mol. The summed E-state index contributed by atoms with van der Waals surface area (Å²) in [5, 5.41) is 0. The average Bonchev–Trinajstić information content (AvgIpc) is 2.33. The third-order valence-corrected chi connectivity index (χ3v) is 3.12. The molecule has 0 aromatic carbocycles. The Morgan fingerprint density at radius 3 is 3.44 bits per heavy atom. The Labute approximate surface area is 59.1 Å². The second kappa shape index (κ2) is 2.25. The fraction of sp³-hybridized carbons (Fsp3) is 0.714. The van der Waals surface area contributed by atoms with Gasteiger partial charge in [-0.2, -0.15) is 11.4 Å². The minimum absolute atomic E-state index is 0.639. The molecule has 50 valence electrons. The molecule has 1 fully saturated rings. The minimum Gasteiger partial charge on any atom is -0.279 e. The lowest BCUT2D eigenvalue weighted by Gasteiger charge is -2.17. The van der Waals surface area contributed by atoms with E-state index in [2.05, 4.69) is 10.5 Å². The molecule has 1 atom stereocenters. The predicted molar refractivity (Wildman–Crippen MR) is 44.7 cm³/mol. The van der Waals surface area contributed by atoms with E-state index in [9.17, 15) is 0 Å². The van der Waals surface area contributed by atoms with Crippen LogP contribution in [0.15, 0.2) is 4.99 Å². The first-order valence-electron chi connectivity index (χ1n) is 3.55. The highest BCUT2D eigenvalue weighted by molar-refractivity contribution is 8.11. The Balaban J connectivity index is 2.16. The minimum atomic E-state index is 0.639. The van der Waals surface area contributed by atoms with Gasteiger partial charge in [0, 0.05) is 5.55 Å². The molecule has 1 unspecified atom stereocenters. The third kappa shape index (κ3) is 0.960. The molecular formula is C7H11NS. The number of hydrogen-bond acceptors (Lipinski definition) is 1. The highest BCUT2D eigenvalue weighted by Crippen LogP contribution is 2.23. The van der Waals surface area contributed by atoms with Gasteiger partial charge in [0.05, 0.1) is 6.04 Å². The van der Waals surface area contributed by atoms with Crippen LogP contribution in [0.1, 0.15) is 25.7 Å². The van der Waals surface area contributed by atoms with Crippen LogP contribution in [0.5, 0.6) is 0 Å². The van der Waals surface area contributed by atoms with Crippen LogP contribution in [-0.2, 0) is 0 Å². The van der Waals surface area contributed by atoms with Gasteiger partial charge in [0.25, 0.3) is 0 Å². The summed E-state index contributed by atoms with van der Waals surface area (Å²) < 4.78 is 0. The van der Waals surface area contributed by atoms with Gasteiger partial charge in [0.2, 0.25) is 0 Å². The molecule has 1 nitrogen and oxygen atoms in total. The highest BCUT2D eigenvalue weighted by Gasteiger charge is 2.19. The number of aliphatic imine (C=N–C) groups is 1. The average molecular weight is 141 g/mol. The zero-order valence-electron chi connectivity index (χ0n) is 5.38. The van der Waals surface area contributed by atoms with Gasteiger partial charge >= 0.3 is 0 Å². The van der Waals surface area contributed by atoms with E-state index in [1.807, 2.05) is 0 Å². The van der Waals surface area contributed by atoms with Crippen molar-refractivity contribution in [3.05, 3.63) is 0 Å². The van der Waals surface area contributed by atoms with Crippen LogP contribution in [0.2, 0.25) is 0 Å². The molecule has 0 N–H and O–H groups in total. The van der Waals surface area contributed by atoms with Crippen LogP contribution >= 0.6 is 11.4 Å². The van der Waals surface area contributed by atoms with Crippen molar-refractivity contribution in [1.29, 1.82) is 0 Å². The molecule has 0 saturated heterocycles. The van der Waals surface area contributed by atoms with E-state index in [0.29, 0.717) is 6.04 Å². The highest BCUT2D eigenvalue weighted by atomic mass is 32.1. The molecule has 0 amide bonds. The van der Waals surface area contributed by atoms with Crippen LogP contribution in [0, 0.1) is 0 Å². The summed E-state index contributed by atoms with van der Waals surface area (Å²) in [5.41, 5.74) is 2.06. The summed E-state index contributed by atoms with van der Waals surface area (Å²) >= 11 is 1.41. The van der Waals surface area contributed by atoms with Crippen molar-refractivity contribution < 1.29 is 0 Å². The number of nitrogens with zero attached hydrogens (tertiary/aromatic N) is 1. The van der Waals surface area contributed by atoms with Crippen molar-refractivity contribution in [1.82, 2.24) is 0 Å². The Morgan fingerprint density at radius 2 is 2.56 bits per heavy atom. The number of thiol groups is 1. The topological polar surface area (TPSA) is 12.4 Å². The molecule has 2 heteroatoms. The Kier molecular flexibility index (Phi) is 1.42. The van der Waals surface area contributed by atoms with Gasteiger partial charge in [0.15, 0.2) is 0 Å². The second-order valence-corrected chi connectivity index (χ2v) is 3.71. The third-order valence-electron chi connectivity index (χ3n) is 2.02. The van der Waals surface area contributed by atoms with E-state index >= 15 is 0 Å². The van der Waals surface area contributed by atoms with E-state index in [1.165, 1.54) is 37.0 Å². The number of fused-ring (bicyclic) bond motifs is 1. The zero-order chi connectivity index (χ0) is 6.10. The largest absolute Gasteiger partial charge is 0.279 e. The van der Waals surface area contributed by atoms with Gasteiger partial charge in [-0.3, -0.25) is 4.99 Å². The van der Waals surface area contributed by atoms with E-state index in [0.717, 1.165) is 0 Å². The molecule has 0 aromatic rings. The van der Waals surface area contributed by atoms with Crippen LogP contribution in [0.4, 0.5) is 0 Å². The van der Waals surface area contributed by atoms with Crippen LogP contribution in [0.3, 0.4) is 0 Å². The SMILES string of the molecule is C1=NC2CCCCC2=[SH]1. The first kappa shape index (κ1) is 5.66. The lowest BCUT2D eigenvalue weighted by atomic mass is 9.96. The maximum atomic E-state index is 4.38. The summed E-state index contributed by atoms with van der Waals surface area (Å²) in [7, 11) is 0. The zero-order valence-corrected chi connectivity index (χ0v) is 6.27. The van der Waals surface area contributed by atoms with Crippen molar-refractivity contribution in [2.75, 3.05) is 0 Å². The summed E-state index contributed by atoms with van der Waals surface area (Å²) in [4.78, 5) is 6.05. The fourth-order valence-electron chi connectivity index (χ4n) is 1.48. The summed E-state index contributed by atoms with van der Waals surface area (Å²) in [6.45, 7) is 0. The van der Waals surface area contributed by atoms with Gasteiger partial charge in [-0.15, -0.1) is 0 Å². The summed E-state index contributed by atoms with van der Waals surface area (Å²) in [5.74, 6) is 0. The molecule has 2 rings (SSSR count). The van der Waals surface area contributed by atoms with Crippen molar-refractivity contribution in [3.63, 3.8) is 0 Å². The summed E-state index contributed by atoms with van der Waals surface area (Å²) in [6.07, 6.45) is 5.45. The molecule has 0 bridgehead atoms. The molecule has 1 aliphatic heterocycles. The maximum absolute atomic E-state index is 4.38. The van der Waals surface area contributed by atoms with E-state index < -0.39 is 0 Å². The Morgan fingerprint density at radius 1 is 1.56 bits per heavy atom. The Bertz CT molecular complexity index is 172. The van der Waals surface area contributed by atoms with Crippen molar-refractivity contribution in [2.24, 2.45) is 4.99 Å². The molecule has 0 radical (unpaired) electrons. The first-order chi connectivity index (χ1) is 4.47. The molecule has 1 saturated carbocycles. The lowest BCUT2D eigenvalue weighted by Crippen LogP contribution is -2.18. The molecular weight excluding hydrogens is 130 g/mol. The predicted octanol–water partition coefficient (Wildman–Crippen LogP) is 1.61.